The molecule has 0 amide bonds. The number of furan rings is 1. The van der Waals surface area contributed by atoms with Crippen LogP contribution < -0.4 is 5.32 Å². The number of nitrogens with zero attached hydrogens (tertiary/aromatic N) is 4. The first-order chi connectivity index (χ1) is 15.0. The van der Waals surface area contributed by atoms with E-state index >= 15 is 0 Å². The van der Waals surface area contributed by atoms with Crippen molar-refractivity contribution in [1.82, 2.24) is 20.1 Å². The molecule has 0 aromatic carbocycles. The lowest BCUT2D eigenvalue weighted by Gasteiger charge is -2.33. The van der Waals surface area contributed by atoms with Crippen molar-refractivity contribution >= 4 is 41.3 Å². The maximum atomic E-state index is 5.98. The number of hydrogen-bond acceptors (Lipinski definition) is 7. The number of hydrogen-bond donors (Lipinski definition) is 1. The molecule has 10 heteroatoms. The van der Waals surface area contributed by atoms with Crippen LogP contribution in [0.4, 0.5) is 0 Å². The Labute approximate surface area is 212 Å². The Morgan fingerprint density at radius 2 is 2.12 bits per heavy atom. The van der Waals surface area contributed by atoms with Gasteiger partial charge in [0.05, 0.1) is 38.0 Å². The predicted molar refractivity (Wildman–Crippen MR) is 139 cm³/mol. The number of methoxy groups -OCH3 is 1. The Hall–Kier alpha value is -1.21. The Balaban J connectivity index is 0.00000363. The number of nitrogens with one attached hydrogen (secondary N) is 1. The largest absolute Gasteiger partial charge is 0.465 e. The predicted octanol–water partition coefficient (Wildman–Crippen LogP) is 3.84. The molecule has 1 aliphatic heterocycles. The Morgan fingerprint density at radius 1 is 1.38 bits per heavy atom. The van der Waals surface area contributed by atoms with Crippen molar-refractivity contribution < 1.29 is 13.9 Å². The summed E-state index contributed by atoms with van der Waals surface area (Å²) in [5, 5.41) is 6.50. The van der Waals surface area contributed by atoms with Crippen LogP contribution in [0.15, 0.2) is 26.9 Å². The molecule has 0 bridgehead atoms. The van der Waals surface area contributed by atoms with Gasteiger partial charge in [-0.05, 0) is 32.9 Å². The Morgan fingerprint density at radius 3 is 2.75 bits per heavy atom. The minimum Gasteiger partial charge on any atom is -0.465 e. The van der Waals surface area contributed by atoms with E-state index in [0.717, 1.165) is 61.0 Å². The first kappa shape index (κ1) is 27.0. The van der Waals surface area contributed by atoms with Gasteiger partial charge in [-0.25, -0.2) is 4.98 Å². The van der Waals surface area contributed by atoms with Gasteiger partial charge in [0, 0.05) is 39.2 Å². The van der Waals surface area contributed by atoms with Crippen LogP contribution in [-0.4, -0.2) is 74.3 Å². The normalized spacial score (nSPS) is 17.0. The lowest BCUT2D eigenvalue weighted by molar-refractivity contribution is 0.0135. The average Bonchev–Trinajstić information content (AvgIpc) is 3.42. The van der Waals surface area contributed by atoms with Crippen molar-refractivity contribution in [3.05, 3.63) is 39.7 Å². The van der Waals surface area contributed by atoms with Gasteiger partial charge in [-0.3, -0.25) is 9.89 Å². The van der Waals surface area contributed by atoms with Crippen LogP contribution in [0.25, 0.3) is 0 Å². The number of thiazole rings is 1. The van der Waals surface area contributed by atoms with Crippen molar-refractivity contribution in [3.63, 3.8) is 0 Å². The number of ether oxygens (including phenoxy) is 2. The summed E-state index contributed by atoms with van der Waals surface area (Å²) in [5.74, 6) is 2.74. The molecule has 2 unspecified atom stereocenters. The van der Waals surface area contributed by atoms with Crippen LogP contribution in [0.2, 0.25) is 0 Å². The summed E-state index contributed by atoms with van der Waals surface area (Å²) in [6.07, 6.45) is 0.0111. The third-order valence-electron chi connectivity index (χ3n) is 5.36. The van der Waals surface area contributed by atoms with E-state index in [1.54, 1.807) is 18.4 Å². The van der Waals surface area contributed by atoms with Gasteiger partial charge >= 0.3 is 0 Å². The van der Waals surface area contributed by atoms with Crippen molar-refractivity contribution in [1.29, 1.82) is 0 Å². The van der Waals surface area contributed by atoms with Gasteiger partial charge in [-0.15, -0.1) is 35.3 Å². The third-order valence-corrected chi connectivity index (χ3v) is 6.41. The molecular weight excluding hydrogens is 541 g/mol. The molecule has 0 aliphatic carbocycles. The molecule has 1 aliphatic rings. The summed E-state index contributed by atoms with van der Waals surface area (Å²) in [7, 11) is 3.75. The minimum absolute atomic E-state index is 0. The molecule has 2 aromatic rings. The first-order valence-corrected chi connectivity index (χ1v) is 11.7. The van der Waals surface area contributed by atoms with Crippen LogP contribution in [0.1, 0.15) is 48.2 Å². The minimum atomic E-state index is 0. The zero-order valence-corrected chi connectivity index (χ0v) is 22.8. The van der Waals surface area contributed by atoms with Crippen LogP contribution in [0.5, 0.6) is 0 Å². The summed E-state index contributed by atoms with van der Waals surface area (Å²) in [6.45, 7) is 11.4. The summed E-state index contributed by atoms with van der Waals surface area (Å²) >= 11 is 1.63. The number of morpholine rings is 1. The monoisotopic (exact) mass is 577 g/mol. The van der Waals surface area contributed by atoms with E-state index in [-0.39, 0.29) is 36.1 Å². The average molecular weight is 578 g/mol. The molecule has 0 radical (unpaired) electrons. The fourth-order valence-corrected chi connectivity index (χ4v) is 4.39. The summed E-state index contributed by atoms with van der Waals surface area (Å²) in [5.41, 5.74) is 1.02. The summed E-state index contributed by atoms with van der Waals surface area (Å²) < 4.78 is 16.9. The number of aromatic nitrogens is 1. The first-order valence-electron chi connectivity index (χ1n) is 10.9. The fourth-order valence-electron chi connectivity index (χ4n) is 3.55. The summed E-state index contributed by atoms with van der Waals surface area (Å²) in [6, 6.07) is 4.17. The number of halogens is 1. The zero-order chi connectivity index (χ0) is 22.2. The van der Waals surface area contributed by atoms with Gasteiger partial charge in [0.1, 0.15) is 22.6 Å². The van der Waals surface area contributed by atoms with Crippen LogP contribution in [0, 0.1) is 6.92 Å². The van der Waals surface area contributed by atoms with Gasteiger partial charge in [0.25, 0.3) is 0 Å². The Bertz CT molecular complexity index is 837. The fraction of sp³-hybridized carbons (Fsp3) is 0.636. The number of aryl methyl sites for hydroxylation is 1. The lowest BCUT2D eigenvalue weighted by atomic mass is 10.1. The van der Waals surface area contributed by atoms with Crippen LogP contribution >= 0.6 is 35.3 Å². The molecule has 2 atom stereocenters. The molecule has 180 valence electrons. The highest BCUT2D eigenvalue weighted by atomic mass is 127. The highest BCUT2D eigenvalue weighted by Gasteiger charge is 2.25. The molecule has 32 heavy (non-hydrogen) atoms. The third kappa shape index (κ3) is 7.41. The second-order valence-corrected chi connectivity index (χ2v) is 8.61. The molecule has 1 saturated heterocycles. The number of guanidine groups is 1. The maximum absolute atomic E-state index is 5.98. The molecule has 0 saturated carbocycles. The quantitative estimate of drug-likeness (QED) is 0.276. The van der Waals surface area contributed by atoms with Gasteiger partial charge in [0.2, 0.25) is 0 Å². The van der Waals surface area contributed by atoms with Gasteiger partial charge in [-0.2, -0.15) is 0 Å². The smallest absolute Gasteiger partial charge is 0.194 e. The topological polar surface area (TPSA) is 75.4 Å². The summed E-state index contributed by atoms with van der Waals surface area (Å²) in [4.78, 5) is 14.2. The molecule has 2 aromatic heterocycles. The molecule has 3 heterocycles. The van der Waals surface area contributed by atoms with Gasteiger partial charge in [0.15, 0.2) is 5.96 Å². The second-order valence-electron chi connectivity index (χ2n) is 7.72. The van der Waals surface area contributed by atoms with Crippen molar-refractivity contribution in [2.45, 2.75) is 39.5 Å². The van der Waals surface area contributed by atoms with Crippen molar-refractivity contribution in [3.8, 4) is 0 Å². The van der Waals surface area contributed by atoms with Crippen molar-refractivity contribution in [2.24, 2.45) is 4.99 Å². The van der Waals surface area contributed by atoms with Crippen LogP contribution in [0.3, 0.4) is 0 Å². The molecule has 0 spiro atoms. The molecule has 1 fully saturated rings. The molecular formula is C22H36IN5O3S. The van der Waals surface area contributed by atoms with Gasteiger partial charge in [-0.1, -0.05) is 0 Å². The van der Waals surface area contributed by atoms with E-state index in [2.05, 4.69) is 33.5 Å². The van der Waals surface area contributed by atoms with E-state index in [1.165, 1.54) is 0 Å². The zero-order valence-electron chi connectivity index (χ0n) is 19.7. The van der Waals surface area contributed by atoms with E-state index in [0.29, 0.717) is 13.1 Å². The SMILES string of the molecule is CCNC(=NCC(c1ccc(C)o1)N1CCOCC1)N(C)Cc1csc(C(C)OC)n1.I. The van der Waals surface area contributed by atoms with Crippen LogP contribution in [-0.2, 0) is 16.0 Å². The highest BCUT2D eigenvalue weighted by Crippen LogP contribution is 2.25. The van der Waals surface area contributed by atoms with E-state index in [1.807, 2.05) is 27.0 Å². The number of rotatable bonds is 9. The second kappa shape index (κ2) is 13.5. The van der Waals surface area contributed by atoms with E-state index in [9.17, 15) is 0 Å². The highest BCUT2D eigenvalue weighted by molar-refractivity contribution is 14.0. The number of aliphatic imine (C=N–C) groups is 1. The molecule has 3 rings (SSSR count). The molecule has 1 N–H and O–H groups in total. The maximum Gasteiger partial charge on any atom is 0.194 e. The standard InChI is InChI=1S/C22H35N5O3S.HI/c1-6-23-22(26(4)14-18-15-31-21(25-18)17(3)28-5)24-13-19(20-8-7-16(2)30-20)27-9-11-29-12-10-27;/h7-8,15,17,19H,6,9-14H2,1-5H3,(H,23,24);1H. The van der Waals surface area contributed by atoms with E-state index < -0.39 is 0 Å². The van der Waals surface area contributed by atoms with Gasteiger partial charge < -0.3 is 24.1 Å². The van der Waals surface area contributed by atoms with E-state index in [4.69, 9.17) is 23.9 Å². The molecule has 8 nitrogen and oxygen atoms in total. The van der Waals surface area contributed by atoms with Crippen molar-refractivity contribution in [2.75, 3.05) is 53.6 Å². The lowest BCUT2D eigenvalue weighted by Crippen LogP contribution is -2.42. The Kier molecular flexibility index (Phi) is 11.4.